The molecule has 3 fully saturated rings. The summed E-state index contributed by atoms with van der Waals surface area (Å²) >= 11 is 0. The van der Waals surface area contributed by atoms with Gasteiger partial charge in [0.05, 0.1) is 5.92 Å². The molecule has 4 amide bonds. The molecule has 1 aromatic rings. The predicted octanol–water partition coefficient (Wildman–Crippen LogP) is 0.907. The highest BCUT2D eigenvalue weighted by molar-refractivity contribution is 5.87. The van der Waals surface area contributed by atoms with Crippen LogP contribution in [0.2, 0.25) is 0 Å². The average Bonchev–Trinajstić information content (AvgIpc) is 2.93. The van der Waals surface area contributed by atoms with E-state index in [1.807, 2.05) is 30.3 Å². The number of nitrogens with zero attached hydrogens (tertiary/aromatic N) is 3. The quantitative estimate of drug-likeness (QED) is 0.869. The van der Waals surface area contributed by atoms with Crippen LogP contribution in [0, 0.1) is 5.92 Å². The van der Waals surface area contributed by atoms with Crippen molar-refractivity contribution in [3.63, 3.8) is 0 Å². The van der Waals surface area contributed by atoms with Crippen LogP contribution in [-0.4, -0.2) is 72.3 Å². The Labute approximate surface area is 153 Å². The maximum Gasteiger partial charge on any atom is 0.317 e. The Balaban J connectivity index is 1.64. The first-order chi connectivity index (χ1) is 12.5. The number of hydrogen-bond donors (Lipinski definition) is 1. The molecular formula is C19H26N4O3. The van der Waals surface area contributed by atoms with Crippen LogP contribution in [0.1, 0.15) is 18.4 Å². The highest BCUT2D eigenvalue weighted by Gasteiger charge is 2.42. The number of likely N-dealkylation sites (N-methyl/N-ethyl adjacent to an activating group) is 1. The van der Waals surface area contributed by atoms with E-state index in [0.29, 0.717) is 19.6 Å². The molecule has 26 heavy (non-hydrogen) atoms. The molecule has 140 valence electrons. The van der Waals surface area contributed by atoms with Crippen LogP contribution in [0.25, 0.3) is 0 Å². The second kappa shape index (κ2) is 7.76. The van der Waals surface area contributed by atoms with Crippen molar-refractivity contribution in [2.45, 2.75) is 25.4 Å². The van der Waals surface area contributed by atoms with Gasteiger partial charge in [-0.25, -0.2) is 4.79 Å². The van der Waals surface area contributed by atoms with Crippen LogP contribution >= 0.6 is 0 Å². The number of amides is 4. The van der Waals surface area contributed by atoms with Crippen molar-refractivity contribution in [3.05, 3.63) is 35.9 Å². The molecule has 3 aliphatic rings. The highest BCUT2D eigenvalue weighted by Crippen LogP contribution is 2.29. The largest absolute Gasteiger partial charge is 0.347 e. The van der Waals surface area contributed by atoms with Gasteiger partial charge in [0, 0.05) is 39.8 Å². The first-order valence-electron chi connectivity index (χ1n) is 9.03. The molecule has 1 aromatic carbocycles. The van der Waals surface area contributed by atoms with Crippen molar-refractivity contribution in [1.29, 1.82) is 0 Å². The van der Waals surface area contributed by atoms with Gasteiger partial charge in [-0.05, 0) is 18.4 Å². The summed E-state index contributed by atoms with van der Waals surface area (Å²) in [5, 5.41) is 2.94. The van der Waals surface area contributed by atoms with E-state index in [9.17, 15) is 14.4 Å². The number of piperidine rings is 1. The van der Waals surface area contributed by atoms with Crippen LogP contribution in [0.4, 0.5) is 4.79 Å². The van der Waals surface area contributed by atoms with Crippen molar-refractivity contribution in [3.8, 4) is 0 Å². The van der Waals surface area contributed by atoms with Crippen LogP contribution in [0.3, 0.4) is 0 Å². The smallest absolute Gasteiger partial charge is 0.317 e. The fourth-order valence-corrected chi connectivity index (χ4v) is 3.59. The van der Waals surface area contributed by atoms with Gasteiger partial charge < -0.3 is 20.0 Å². The molecule has 0 aliphatic carbocycles. The summed E-state index contributed by atoms with van der Waals surface area (Å²) in [5.41, 5.74) is 1.04. The monoisotopic (exact) mass is 358 g/mol. The molecule has 7 heteroatoms. The van der Waals surface area contributed by atoms with Crippen LogP contribution in [0.5, 0.6) is 0 Å². The van der Waals surface area contributed by atoms with Gasteiger partial charge in [-0.3, -0.25) is 9.59 Å². The van der Waals surface area contributed by atoms with E-state index in [4.69, 9.17) is 0 Å². The molecule has 3 heterocycles. The van der Waals surface area contributed by atoms with Gasteiger partial charge in [0.2, 0.25) is 11.8 Å². The van der Waals surface area contributed by atoms with Gasteiger partial charge in [0.15, 0.2) is 0 Å². The average molecular weight is 358 g/mol. The molecule has 3 aliphatic heterocycles. The van der Waals surface area contributed by atoms with Gasteiger partial charge in [0.25, 0.3) is 0 Å². The Hall–Kier alpha value is -2.57. The minimum atomic E-state index is -0.216. The normalized spacial score (nSPS) is 22.2. The maximum absolute atomic E-state index is 12.7. The Morgan fingerprint density at radius 1 is 1.15 bits per heavy atom. The SMILES string of the molecule is CN(C)C(=O)CN1C(=O)[C@H]2CC[C@@H]1CN(C(=O)NCc1ccccc1)C2. The molecule has 0 spiro atoms. The lowest BCUT2D eigenvalue weighted by Crippen LogP contribution is -2.51. The van der Waals surface area contributed by atoms with E-state index in [2.05, 4.69) is 5.32 Å². The number of urea groups is 1. The number of nitrogens with one attached hydrogen (secondary N) is 1. The van der Waals surface area contributed by atoms with Crippen molar-refractivity contribution < 1.29 is 14.4 Å². The van der Waals surface area contributed by atoms with Gasteiger partial charge in [-0.15, -0.1) is 0 Å². The Kier molecular flexibility index (Phi) is 5.44. The van der Waals surface area contributed by atoms with Gasteiger partial charge in [-0.2, -0.15) is 0 Å². The number of hydrogen-bond acceptors (Lipinski definition) is 3. The number of benzene rings is 1. The van der Waals surface area contributed by atoms with Crippen molar-refractivity contribution in [2.75, 3.05) is 33.7 Å². The topological polar surface area (TPSA) is 73.0 Å². The molecule has 2 atom stereocenters. The molecule has 0 radical (unpaired) electrons. The van der Waals surface area contributed by atoms with E-state index in [1.165, 1.54) is 4.90 Å². The van der Waals surface area contributed by atoms with Gasteiger partial charge in [-0.1, -0.05) is 30.3 Å². The third kappa shape index (κ3) is 3.98. The second-order valence-corrected chi connectivity index (χ2v) is 7.23. The van der Waals surface area contributed by atoms with E-state index in [-0.39, 0.29) is 36.3 Å². The number of carbonyl (C=O) groups excluding carboxylic acids is 3. The number of rotatable bonds is 4. The zero-order valence-electron chi connectivity index (χ0n) is 15.4. The molecule has 1 N–H and O–H groups in total. The number of carbonyl (C=O) groups is 3. The summed E-state index contributed by atoms with van der Waals surface area (Å²) in [7, 11) is 3.37. The zero-order valence-corrected chi connectivity index (χ0v) is 15.4. The summed E-state index contributed by atoms with van der Waals surface area (Å²) in [6, 6.07) is 9.49. The molecule has 0 aromatic heterocycles. The van der Waals surface area contributed by atoms with Crippen molar-refractivity contribution in [2.24, 2.45) is 5.92 Å². The lowest BCUT2D eigenvalue weighted by atomic mass is 9.94. The first kappa shape index (κ1) is 18.2. The summed E-state index contributed by atoms with van der Waals surface area (Å²) < 4.78 is 0. The molecule has 0 unspecified atom stereocenters. The van der Waals surface area contributed by atoms with Crippen LogP contribution in [0.15, 0.2) is 30.3 Å². The Morgan fingerprint density at radius 3 is 2.58 bits per heavy atom. The molecular weight excluding hydrogens is 332 g/mol. The lowest BCUT2D eigenvalue weighted by molar-refractivity contribution is -0.145. The summed E-state index contributed by atoms with van der Waals surface area (Å²) in [6.45, 7) is 1.45. The third-order valence-electron chi connectivity index (χ3n) is 5.17. The molecule has 0 saturated carbocycles. The van der Waals surface area contributed by atoms with E-state index >= 15 is 0 Å². The van der Waals surface area contributed by atoms with Crippen LogP contribution in [-0.2, 0) is 16.1 Å². The summed E-state index contributed by atoms with van der Waals surface area (Å²) in [6.07, 6.45) is 1.61. The summed E-state index contributed by atoms with van der Waals surface area (Å²) in [5.74, 6) is -0.313. The summed E-state index contributed by atoms with van der Waals surface area (Å²) in [4.78, 5) is 42.3. The van der Waals surface area contributed by atoms with E-state index < -0.39 is 0 Å². The first-order valence-corrected chi connectivity index (χ1v) is 9.03. The molecule has 3 saturated heterocycles. The fourth-order valence-electron chi connectivity index (χ4n) is 3.59. The van der Waals surface area contributed by atoms with E-state index in [0.717, 1.165) is 18.4 Å². The van der Waals surface area contributed by atoms with Crippen molar-refractivity contribution in [1.82, 2.24) is 20.0 Å². The van der Waals surface area contributed by atoms with Crippen molar-refractivity contribution >= 4 is 17.8 Å². The lowest BCUT2D eigenvalue weighted by Gasteiger charge is -2.35. The Bertz CT molecular complexity index is 677. The molecule has 4 rings (SSSR count). The fraction of sp³-hybridized carbons (Fsp3) is 0.526. The maximum atomic E-state index is 12.7. The minimum Gasteiger partial charge on any atom is -0.347 e. The Morgan fingerprint density at radius 2 is 1.88 bits per heavy atom. The highest BCUT2D eigenvalue weighted by atomic mass is 16.2. The predicted molar refractivity (Wildman–Crippen MR) is 97.2 cm³/mol. The molecule has 2 bridgehead atoms. The third-order valence-corrected chi connectivity index (χ3v) is 5.17. The zero-order chi connectivity index (χ0) is 18.7. The second-order valence-electron chi connectivity index (χ2n) is 7.23. The van der Waals surface area contributed by atoms with Gasteiger partial charge >= 0.3 is 6.03 Å². The van der Waals surface area contributed by atoms with E-state index in [1.54, 1.807) is 23.9 Å². The minimum absolute atomic E-state index is 0.00481. The van der Waals surface area contributed by atoms with Gasteiger partial charge in [0.1, 0.15) is 6.54 Å². The molecule has 7 nitrogen and oxygen atoms in total. The standard InChI is InChI=1S/C19H26N4O3/c1-21(2)17(24)13-23-16-9-8-15(18(23)25)11-22(12-16)19(26)20-10-14-6-4-3-5-7-14/h3-7,15-16H,8-13H2,1-2H3,(H,20,26)/t15-,16+/m0/s1. The van der Waals surface area contributed by atoms with Crippen LogP contribution < -0.4 is 5.32 Å². The number of fused-ring (bicyclic) bond motifs is 4.